The van der Waals surface area contributed by atoms with Crippen molar-refractivity contribution in [3.63, 3.8) is 0 Å². The van der Waals surface area contributed by atoms with Crippen LogP contribution >= 0.6 is 24.2 Å². The van der Waals surface area contributed by atoms with Crippen molar-refractivity contribution in [2.24, 2.45) is 11.7 Å². The molecule has 0 radical (unpaired) electrons. The van der Waals surface area contributed by atoms with E-state index in [1.807, 2.05) is 11.8 Å². The van der Waals surface area contributed by atoms with Crippen molar-refractivity contribution in [2.75, 3.05) is 31.1 Å². The summed E-state index contributed by atoms with van der Waals surface area (Å²) in [6, 6.07) is 0.379. The molecule has 0 spiro atoms. The van der Waals surface area contributed by atoms with Crippen molar-refractivity contribution in [2.45, 2.75) is 26.3 Å². The van der Waals surface area contributed by atoms with Crippen LogP contribution in [0.5, 0.6) is 0 Å². The van der Waals surface area contributed by atoms with Gasteiger partial charge in [-0.3, -0.25) is 0 Å². The molecule has 14 heavy (non-hydrogen) atoms. The van der Waals surface area contributed by atoms with Gasteiger partial charge < -0.3 is 10.6 Å². The van der Waals surface area contributed by atoms with Gasteiger partial charge in [-0.05, 0) is 31.6 Å². The lowest BCUT2D eigenvalue weighted by Gasteiger charge is -2.17. The SMILES string of the molecule is CCSCCN1CCC(C(C)N)C1.Cl. The van der Waals surface area contributed by atoms with E-state index < -0.39 is 0 Å². The average Bonchev–Trinajstić information content (AvgIpc) is 2.53. The molecular weight excluding hydrogens is 216 g/mol. The van der Waals surface area contributed by atoms with E-state index in [4.69, 9.17) is 5.73 Å². The first-order valence-corrected chi connectivity index (χ1v) is 6.45. The minimum absolute atomic E-state index is 0. The molecule has 1 heterocycles. The molecule has 2 N–H and O–H groups in total. The zero-order valence-electron chi connectivity index (χ0n) is 9.24. The quantitative estimate of drug-likeness (QED) is 0.742. The molecule has 2 nitrogen and oxygen atoms in total. The third-order valence-electron chi connectivity index (χ3n) is 2.81. The number of rotatable bonds is 5. The predicted molar refractivity (Wildman–Crippen MR) is 68.4 cm³/mol. The van der Waals surface area contributed by atoms with Gasteiger partial charge in [-0.1, -0.05) is 6.92 Å². The molecule has 1 rings (SSSR count). The Balaban J connectivity index is 0.00000169. The molecule has 1 aliphatic heterocycles. The van der Waals surface area contributed by atoms with Gasteiger partial charge in [0.05, 0.1) is 0 Å². The summed E-state index contributed by atoms with van der Waals surface area (Å²) in [5.74, 6) is 3.26. The lowest BCUT2D eigenvalue weighted by molar-refractivity contribution is 0.334. The Morgan fingerprint density at radius 3 is 2.79 bits per heavy atom. The van der Waals surface area contributed by atoms with E-state index in [-0.39, 0.29) is 12.4 Å². The Morgan fingerprint density at radius 1 is 1.57 bits per heavy atom. The fraction of sp³-hybridized carbons (Fsp3) is 1.00. The largest absolute Gasteiger partial charge is 0.328 e. The fourth-order valence-corrected chi connectivity index (χ4v) is 2.51. The van der Waals surface area contributed by atoms with Gasteiger partial charge >= 0.3 is 0 Å². The van der Waals surface area contributed by atoms with E-state index >= 15 is 0 Å². The highest BCUT2D eigenvalue weighted by molar-refractivity contribution is 7.99. The van der Waals surface area contributed by atoms with Crippen LogP contribution in [0.1, 0.15) is 20.3 Å². The third kappa shape index (κ3) is 4.87. The topological polar surface area (TPSA) is 29.3 Å². The van der Waals surface area contributed by atoms with Gasteiger partial charge in [0.2, 0.25) is 0 Å². The summed E-state index contributed by atoms with van der Waals surface area (Å²) in [6.07, 6.45) is 1.30. The van der Waals surface area contributed by atoms with Crippen LogP contribution in [0.3, 0.4) is 0 Å². The molecule has 1 aliphatic rings. The van der Waals surface area contributed by atoms with Gasteiger partial charge in [0.1, 0.15) is 0 Å². The number of halogens is 1. The Labute approximate surface area is 98.4 Å². The fourth-order valence-electron chi connectivity index (χ4n) is 1.83. The van der Waals surface area contributed by atoms with Crippen molar-refractivity contribution in [1.82, 2.24) is 4.90 Å². The van der Waals surface area contributed by atoms with Crippen LogP contribution in [-0.2, 0) is 0 Å². The second-order valence-corrected chi connectivity index (χ2v) is 5.30. The minimum atomic E-state index is 0. The van der Waals surface area contributed by atoms with Crippen LogP contribution in [0.25, 0.3) is 0 Å². The maximum absolute atomic E-state index is 5.88. The van der Waals surface area contributed by atoms with Gasteiger partial charge in [0.15, 0.2) is 0 Å². The van der Waals surface area contributed by atoms with E-state index in [1.54, 1.807) is 0 Å². The van der Waals surface area contributed by atoms with Gasteiger partial charge in [-0.25, -0.2) is 0 Å². The first-order valence-electron chi connectivity index (χ1n) is 5.29. The lowest BCUT2D eigenvalue weighted by Crippen LogP contribution is -2.30. The van der Waals surface area contributed by atoms with Gasteiger partial charge in [-0.15, -0.1) is 12.4 Å². The van der Waals surface area contributed by atoms with Crippen molar-refractivity contribution in [1.29, 1.82) is 0 Å². The van der Waals surface area contributed by atoms with Crippen LogP contribution in [-0.4, -0.2) is 42.1 Å². The third-order valence-corrected chi connectivity index (χ3v) is 3.69. The van der Waals surface area contributed by atoms with Crippen LogP contribution in [0.4, 0.5) is 0 Å². The number of hydrogen-bond donors (Lipinski definition) is 1. The monoisotopic (exact) mass is 238 g/mol. The molecule has 0 bridgehead atoms. The Kier molecular flexibility index (Phi) is 8.11. The zero-order chi connectivity index (χ0) is 9.68. The van der Waals surface area contributed by atoms with Crippen LogP contribution < -0.4 is 5.73 Å². The Bertz CT molecular complexity index is 144. The molecule has 0 aromatic carbocycles. The molecule has 0 saturated carbocycles. The number of nitrogens with two attached hydrogens (primary N) is 1. The maximum Gasteiger partial charge on any atom is 0.00725 e. The molecule has 4 heteroatoms. The van der Waals surface area contributed by atoms with Crippen molar-refractivity contribution in [3.05, 3.63) is 0 Å². The first-order chi connectivity index (χ1) is 6.24. The highest BCUT2D eigenvalue weighted by Crippen LogP contribution is 2.18. The predicted octanol–water partition coefficient (Wildman–Crippen LogP) is 1.83. The highest BCUT2D eigenvalue weighted by Gasteiger charge is 2.24. The summed E-state index contributed by atoms with van der Waals surface area (Å²) < 4.78 is 0. The second-order valence-electron chi connectivity index (χ2n) is 3.91. The Hall–Kier alpha value is 0.560. The maximum atomic E-state index is 5.88. The van der Waals surface area contributed by atoms with E-state index in [0.29, 0.717) is 6.04 Å². The molecule has 1 saturated heterocycles. The number of hydrogen-bond acceptors (Lipinski definition) is 3. The van der Waals surface area contributed by atoms with Gasteiger partial charge in [0.25, 0.3) is 0 Å². The van der Waals surface area contributed by atoms with E-state index in [2.05, 4.69) is 18.7 Å². The number of likely N-dealkylation sites (tertiary alicyclic amines) is 1. The van der Waals surface area contributed by atoms with Crippen molar-refractivity contribution in [3.8, 4) is 0 Å². The summed E-state index contributed by atoms with van der Waals surface area (Å²) in [7, 11) is 0. The summed E-state index contributed by atoms with van der Waals surface area (Å²) in [5, 5.41) is 0. The van der Waals surface area contributed by atoms with Crippen molar-refractivity contribution >= 4 is 24.2 Å². The van der Waals surface area contributed by atoms with E-state index in [1.165, 1.54) is 37.6 Å². The molecule has 0 aliphatic carbocycles. The normalized spacial score (nSPS) is 24.6. The molecule has 86 valence electrons. The molecular formula is C10H23ClN2S. The number of thioether (sulfide) groups is 1. The molecule has 2 atom stereocenters. The summed E-state index contributed by atoms with van der Waals surface area (Å²) in [5.41, 5.74) is 5.88. The van der Waals surface area contributed by atoms with E-state index in [0.717, 1.165) is 5.92 Å². The average molecular weight is 239 g/mol. The molecule has 2 unspecified atom stereocenters. The minimum Gasteiger partial charge on any atom is -0.328 e. The zero-order valence-corrected chi connectivity index (χ0v) is 10.9. The second kappa shape index (κ2) is 7.80. The molecule has 0 aromatic heterocycles. The highest BCUT2D eigenvalue weighted by atomic mass is 35.5. The van der Waals surface area contributed by atoms with E-state index in [9.17, 15) is 0 Å². The Morgan fingerprint density at radius 2 is 2.29 bits per heavy atom. The van der Waals surface area contributed by atoms with Gasteiger partial charge in [-0.2, -0.15) is 11.8 Å². The van der Waals surface area contributed by atoms with Crippen LogP contribution in [0.15, 0.2) is 0 Å². The number of nitrogens with zero attached hydrogens (tertiary/aromatic N) is 1. The summed E-state index contributed by atoms with van der Waals surface area (Å²) in [6.45, 7) is 8.09. The molecule has 1 fully saturated rings. The lowest BCUT2D eigenvalue weighted by atomic mass is 10.0. The standard InChI is InChI=1S/C10H22N2S.ClH/c1-3-13-7-6-12-5-4-10(8-12)9(2)11;/h9-10H,3-8,11H2,1-2H3;1H. The van der Waals surface area contributed by atoms with Crippen LogP contribution in [0, 0.1) is 5.92 Å². The molecule has 0 aromatic rings. The van der Waals surface area contributed by atoms with Crippen LogP contribution in [0.2, 0.25) is 0 Å². The van der Waals surface area contributed by atoms with Crippen molar-refractivity contribution < 1.29 is 0 Å². The summed E-state index contributed by atoms with van der Waals surface area (Å²) in [4.78, 5) is 2.55. The first kappa shape index (κ1) is 14.6. The summed E-state index contributed by atoms with van der Waals surface area (Å²) >= 11 is 2.03. The molecule has 0 amide bonds. The smallest absolute Gasteiger partial charge is 0.00725 e. The van der Waals surface area contributed by atoms with Gasteiger partial charge in [0, 0.05) is 24.9 Å².